The average molecular weight is 364 g/mol. The fraction of sp³-hybridized carbons (Fsp3) is 0.167. The van der Waals surface area contributed by atoms with Gasteiger partial charge in [-0.05, 0) is 13.8 Å². The van der Waals surface area contributed by atoms with Crippen molar-refractivity contribution in [1.29, 1.82) is 0 Å². The molecule has 9 nitrogen and oxygen atoms in total. The highest BCUT2D eigenvalue weighted by atomic mass is 16.5. The first-order chi connectivity index (χ1) is 13.2. The lowest BCUT2D eigenvalue weighted by atomic mass is 10.2. The quantitative estimate of drug-likeness (QED) is 0.542. The lowest BCUT2D eigenvalue weighted by molar-refractivity contribution is 0.318. The Hall–Kier alpha value is -3.75. The molecule has 0 aliphatic rings. The van der Waals surface area contributed by atoms with Crippen LogP contribution in [0.2, 0.25) is 0 Å². The van der Waals surface area contributed by atoms with Crippen molar-refractivity contribution >= 4 is 17.2 Å². The van der Waals surface area contributed by atoms with Gasteiger partial charge < -0.3 is 14.2 Å². The lowest BCUT2D eigenvalue weighted by Gasteiger charge is -2.07. The molecule has 0 aliphatic heterocycles. The summed E-state index contributed by atoms with van der Waals surface area (Å²) in [6.07, 6.45) is 0. The summed E-state index contributed by atoms with van der Waals surface area (Å²) in [5.41, 5.74) is 1.69. The zero-order chi connectivity index (χ0) is 18.8. The third-order valence-electron chi connectivity index (χ3n) is 3.78. The van der Waals surface area contributed by atoms with Gasteiger partial charge in [-0.2, -0.15) is 9.61 Å². The van der Waals surface area contributed by atoms with Crippen molar-refractivity contribution in [2.45, 2.75) is 13.8 Å². The van der Waals surface area contributed by atoms with Crippen LogP contribution in [0.5, 0.6) is 5.88 Å². The summed E-state index contributed by atoms with van der Waals surface area (Å²) in [5.74, 6) is 1.07. The molecule has 0 amide bonds. The third kappa shape index (κ3) is 3.22. The van der Waals surface area contributed by atoms with E-state index < -0.39 is 5.56 Å². The molecule has 0 atom stereocenters. The van der Waals surface area contributed by atoms with Crippen molar-refractivity contribution in [3.63, 3.8) is 0 Å². The molecule has 1 N–H and O–H groups in total. The number of benzene rings is 1. The van der Waals surface area contributed by atoms with Crippen LogP contribution >= 0.6 is 0 Å². The van der Waals surface area contributed by atoms with Gasteiger partial charge in [-0.1, -0.05) is 35.5 Å². The Morgan fingerprint density at radius 2 is 2.04 bits per heavy atom. The maximum Gasteiger partial charge on any atom is 0.283 e. The second-order valence-corrected chi connectivity index (χ2v) is 5.73. The molecule has 9 heteroatoms. The van der Waals surface area contributed by atoms with E-state index in [4.69, 9.17) is 9.26 Å². The fourth-order valence-corrected chi connectivity index (χ4v) is 2.60. The van der Waals surface area contributed by atoms with Crippen molar-refractivity contribution in [1.82, 2.24) is 19.8 Å². The molecule has 0 saturated heterocycles. The van der Waals surface area contributed by atoms with Crippen LogP contribution in [0.25, 0.3) is 16.9 Å². The van der Waals surface area contributed by atoms with E-state index in [2.05, 4.69) is 25.5 Å². The van der Waals surface area contributed by atoms with Gasteiger partial charge in [-0.25, -0.2) is 0 Å². The Labute approximate surface area is 153 Å². The van der Waals surface area contributed by atoms with Gasteiger partial charge in [0, 0.05) is 17.7 Å². The van der Waals surface area contributed by atoms with Crippen LogP contribution in [0, 0.1) is 6.92 Å². The number of hydrogen-bond acceptors (Lipinski definition) is 7. The van der Waals surface area contributed by atoms with E-state index >= 15 is 0 Å². The maximum atomic E-state index is 12.5. The van der Waals surface area contributed by atoms with Crippen LogP contribution < -0.4 is 10.3 Å². The van der Waals surface area contributed by atoms with Gasteiger partial charge in [0.2, 0.25) is 11.5 Å². The number of rotatable bonds is 5. The van der Waals surface area contributed by atoms with Crippen LogP contribution in [0.4, 0.5) is 11.5 Å². The van der Waals surface area contributed by atoms with E-state index in [1.165, 1.54) is 4.52 Å². The molecule has 0 spiro atoms. The number of nitrogens with one attached hydrogen (secondary N) is 1. The Kier molecular flexibility index (Phi) is 4.25. The maximum absolute atomic E-state index is 12.5. The Morgan fingerprint density at radius 3 is 2.74 bits per heavy atom. The molecule has 0 bridgehead atoms. The number of azo groups is 1. The monoisotopic (exact) mass is 364 g/mol. The minimum Gasteiger partial charge on any atom is -0.476 e. The van der Waals surface area contributed by atoms with E-state index in [1.54, 1.807) is 19.1 Å². The molecule has 0 aliphatic carbocycles. The SMILES string of the molecule is CCOc1c(/N=N/c2cc(C)on2)c(=O)[nH]c2cc(-c3ccccc3)nn12. The minimum absolute atomic E-state index is 0.00714. The number of nitrogens with zero attached hydrogens (tertiary/aromatic N) is 5. The number of ether oxygens (including phenoxy) is 1. The predicted molar refractivity (Wildman–Crippen MR) is 97.8 cm³/mol. The summed E-state index contributed by atoms with van der Waals surface area (Å²) in [6.45, 7) is 3.90. The molecule has 3 aromatic heterocycles. The second kappa shape index (κ2) is 6.87. The third-order valence-corrected chi connectivity index (χ3v) is 3.78. The predicted octanol–water partition coefficient (Wildman–Crippen LogP) is 3.80. The molecule has 4 rings (SSSR count). The van der Waals surface area contributed by atoms with Crippen molar-refractivity contribution in [2.24, 2.45) is 10.2 Å². The van der Waals surface area contributed by atoms with Crippen LogP contribution in [-0.2, 0) is 0 Å². The summed E-state index contributed by atoms with van der Waals surface area (Å²) < 4.78 is 12.1. The van der Waals surface area contributed by atoms with Gasteiger partial charge in [0.1, 0.15) is 11.4 Å². The zero-order valence-corrected chi connectivity index (χ0v) is 14.7. The summed E-state index contributed by atoms with van der Waals surface area (Å²) in [6, 6.07) is 13.0. The largest absolute Gasteiger partial charge is 0.476 e. The van der Waals surface area contributed by atoms with Gasteiger partial charge in [-0.3, -0.25) is 4.79 Å². The molecule has 0 radical (unpaired) electrons. The highest BCUT2D eigenvalue weighted by Crippen LogP contribution is 2.28. The molecule has 3 heterocycles. The minimum atomic E-state index is -0.436. The lowest BCUT2D eigenvalue weighted by Crippen LogP contribution is -2.12. The van der Waals surface area contributed by atoms with Crippen LogP contribution in [-0.4, -0.2) is 26.4 Å². The normalized spacial score (nSPS) is 11.5. The molecule has 4 aromatic rings. The second-order valence-electron chi connectivity index (χ2n) is 5.73. The Morgan fingerprint density at radius 1 is 1.22 bits per heavy atom. The average Bonchev–Trinajstić information content (AvgIpc) is 3.28. The number of aromatic nitrogens is 4. The Bertz CT molecular complexity index is 1170. The Balaban J connectivity index is 1.85. The van der Waals surface area contributed by atoms with Crippen molar-refractivity contribution in [3.8, 4) is 17.1 Å². The van der Waals surface area contributed by atoms with Gasteiger partial charge in [0.05, 0.1) is 12.3 Å². The van der Waals surface area contributed by atoms with Crippen LogP contribution in [0.15, 0.2) is 62.0 Å². The van der Waals surface area contributed by atoms with Gasteiger partial charge in [0.25, 0.3) is 11.4 Å². The molecule has 27 heavy (non-hydrogen) atoms. The molecule has 136 valence electrons. The highest BCUT2D eigenvalue weighted by molar-refractivity contribution is 5.65. The first kappa shape index (κ1) is 16.7. The number of fused-ring (bicyclic) bond motifs is 1. The van der Waals surface area contributed by atoms with E-state index in [1.807, 2.05) is 37.3 Å². The molecule has 0 fully saturated rings. The number of aryl methyl sites for hydroxylation is 1. The first-order valence-electron chi connectivity index (χ1n) is 8.35. The number of aromatic amines is 1. The van der Waals surface area contributed by atoms with E-state index in [0.29, 0.717) is 23.7 Å². The molecule has 0 unspecified atom stereocenters. The molecular formula is C18H16N6O3. The molecular weight excluding hydrogens is 348 g/mol. The molecule has 1 aromatic carbocycles. The van der Waals surface area contributed by atoms with Crippen LogP contribution in [0.1, 0.15) is 12.7 Å². The van der Waals surface area contributed by atoms with E-state index in [0.717, 1.165) is 5.56 Å². The fourth-order valence-electron chi connectivity index (χ4n) is 2.60. The summed E-state index contributed by atoms with van der Waals surface area (Å²) in [7, 11) is 0. The van der Waals surface area contributed by atoms with Gasteiger partial charge >= 0.3 is 0 Å². The molecule has 0 saturated carbocycles. The van der Waals surface area contributed by atoms with Gasteiger partial charge in [-0.15, -0.1) is 10.2 Å². The topological polar surface area (TPSA) is 110 Å². The highest BCUT2D eigenvalue weighted by Gasteiger charge is 2.17. The van der Waals surface area contributed by atoms with Gasteiger partial charge in [0.15, 0.2) is 0 Å². The summed E-state index contributed by atoms with van der Waals surface area (Å²) in [5, 5.41) is 16.2. The number of H-pyrrole nitrogens is 1. The summed E-state index contributed by atoms with van der Waals surface area (Å²) >= 11 is 0. The summed E-state index contributed by atoms with van der Waals surface area (Å²) in [4.78, 5) is 15.3. The van der Waals surface area contributed by atoms with E-state index in [9.17, 15) is 4.79 Å². The number of hydrogen-bond donors (Lipinski definition) is 1. The van der Waals surface area contributed by atoms with Crippen LogP contribution in [0.3, 0.4) is 0 Å². The van der Waals surface area contributed by atoms with E-state index in [-0.39, 0.29) is 17.4 Å². The van der Waals surface area contributed by atoms with Crippen molar-refractivity contribution < 1.29 is 9.26 Å². The smallest absolute Gasteiger partial charge is 0.283 e. The van der Waals surface area contributed by atoms with Crippen molar-refractivity contribution in [2.75, 3.05) is 6.61 Å². The van der Waals surface area contributed by atoms with Crippen molar-refractivity contribution in [3.05, 3.63) is 58.6 Å². The zero-order valence-electron chi connectivity index (χ0n) is 14.7. The standard InChI is InChI=1S/C18H16N6O3/c1-3-26-18-16(21-20-14-9-11(2)27-23-14)17(25)19-15-10-13(22-24(15)18)12-7-5-4-6-8-12/h4-10H,3H2,1-2H3,(H,19,25)/b21-20+. The first-order valence-corrected chi connectivity index (χ1v) is 8.35.